The summed E-state index contributed by atoms with van der Waals surface area (Å²) >= 11 is 0. The number of carbonyl (C=O) groups is 2. The lowest BCUT2D eigenvalue weighted by Crippen LogP contribution is -2.30. The van der Waals surface area contributed by atoms with Crippen LogP contribution in [-0.2, 0) is 15.0 Å². The molecule has 1 aromatic carbocycles. The molecule has 0 bridgehead atoms. The fourth-order valence-corrected chi connectivity index (χ4v) is 2.86. The van der Waals surface area contributed by atoms with Crippen LogP contribution in [0.1, 0.15) is 51.2 Å². The van der Waals surface area contributed by atoms with Gasteiger partial charge in [0, 0.05) is 19.5 Å². The Morgan fingerprint density at radius 3 is 2.36 bits per heavy atom. The molecule has 0 aliphatic carbocycles. The topological polar surface area (TPSA) is 57.6 Å². The molecule has 1 aromatic rings. The number of amides is 1. The lowest BCUT2D eigenvalue weighted by atomic mass is 9.85. The quantitative estimate of drug-likeness (QED) is 0.930. The van der Waals surface area contributed by atoms with E-state index in [2.05, 4.69) is 52.0 Å². The van der Waals surface area contributed by atoms with Crippen molar-refractivity contribution in [2.75, 3.05) is 13.1 Å². The Labute approximate surface area is 132 Å². The SMILES string of the molecule is C[C@H](CN1C[C@@H](C(=O)O)CC1=O)c1ccc(C(C)(C)C)cc1. The van der Waals surface area contributed by atoms with Gasteiger partial charge in [0.1, 0.15) is 0 Å². The van der Waals surface area contributed by atoms with Gasteiger partial charge in [-0.1, -0.05) is 52.0 Å². The third-order valence-corrected chi connectivity index (χ3v) is 4.40. The van der Waals surface area contributed by atoms with E-state index in [9.17, 15) is 9.59 Å². The fraction of sp³-hybridized carbons (Fsp3) is 0.556. The van der Waals surface area contributed by atoms with Crippen LogP contribution in [0.2, 0.25) is 0 Å². The van der Waals surface area contributed by atoms with Crippen molar-refractivity contribution >= 4 is 11.9 Å². The van der Waals surface area contributed by atoms with Gasteiger partial charge in [-0.05, 0) is 22.5 Å². The van der Waals surface area contributed by atoms with E-state index in [1.54, 1.807) is 4.90 Å². The third-order valence-electron chi connectivity index (χ3n) is 4.40. The first-order valence-corrected chi connectivity index (χ1v) is 7.79. The molecule has 0 unspecified atom stereocenters. The van der Waals surface area contributed by atoms with Gasteiger partial charge in [-0.15, -0.1) is 0 Å². The van der Waals surface area contributed by atoms with Crippen LogP contribution in [0.25, 0.3) is 0 Å². The van der Waals surface area contributed by atoms with Crippen LogP contribution in [0.5, 0.6) is 0 Å². The summed E-state index contributed by atoms with van der Waals surface area (Å²) in [6, 6.07) is 8.50. The monoisotopic (exact) mass is 303 g/mol. The molecule has 1 saturated heterocycles. The minimum atomic E-state index is -0.877. The molecule has 0 spiro atoms. The smallest absolute Gasteiger partial charge is 0.308 e. The van der Waals surface area contributed by atoms with E-state index in [1.807, 2.05) is 0 Å². The number of likely N-dealkylation sites (tertiary alicyclic amines) is 1. The highest BCUT2D eigenvalue weighted by atomic mass is 16.4. The lowest BCUT2D eigenvalue weighted by molar-refractivity contribution is -0.141. The van der Waals surface area contributed by atoms with Crippen molar-refractivity contribution < 1.29 is 14.7 Å². The first kappa shape index (κ1) is 16.5. The average molecular weight is 303 g/mol. The number of hydrogen-bond donors (Lipinski definition) is 1. The highest BCUT2D eigenvalue weighted by Crippen LogP contribution is 2.26. The minimum Gasteiger partial charge on any atom is -0.481 e. The molecule has 1 fully saturated rings. The molecule has 1 aliphatic heterocycles. The van der Waals surface area contributed by atoms with Crippen molar-refractivity contribution in [2.45, 2.75) is 45.4 Å². The fourth-order valence-electron chi connectivity index (χ4n) is 2.86. The Balaban J connectivity index is 2.02. The van der Waals surface area contributed by atoms with E-state index >= 15 is 0 Å². The molecule has 22 heavy (non-hydrogen) atoms. The van der Waals surface area contributed by atoms with E-state index < -0.39 is 11.9 Å². The molecule has 2 atom stereocenters. The van der Waals surface area contributed by atoms with Gasteiger partial charge in [0.15, 0.2) is 0 Å². The molecule has 1 N–H and O–H groups in total. The van der Waals surface area contributed by atoms with E-state index in [4.69, 9.17) is 5.11 Å². The van der Waals surface area contributed by atoms with Crippen molar-refractivity contribution in [3.63, 3.8) is 0 Å². The van der Waals surface area contributed by atoms with E-state index in [1.165, 1.54) is 11.1 Å². The van der Waals surface area contributed by atoms with E-state index in [-0.39, 0.29) is 23.7 Å². The highest BCUT2D eigenvalue weighted by Gasteiger charge is 2.34. The second-order valence-corrected chi connectivity index (χ2v) is 7.31. The minimum absolute atomic E-state index is 0.0504. The maximum absolute atomic E-state index is 11.9. The number of benzene rings is 1. The third kappa shape index (κ3) is 3.67. The zero-order chi connectivity index (χ0) is 16.5. The first-order chi connectivity index (χ1) is 10.2. The second-order valence-electron chi connectivity index (χ2n) is 7.31. The Morgan fingerprint density at radius 2 is 1.91 bits per heavy atom. The van der Waals surface area contributed by atoms with E-state index in [0.29, 0.717) is 13.1 Å². The van der Waals surface area contributed by atoms with Crippen molar-refractivity contribution in [1.29, 1.82) is 0 Å². The second kappa shape index (κ2) is 6.11. The summed E-state index contributed by atoms with van der Waals surface area (Å²) in [5.74, 6) is -1.28. The van der Waals surface area contributed by atoms with Crippen LogP contribution in [0.4, 0.5) is 0 Å². The number of nitrogens with zero attached hydrogens (tertiary/aromatic N) is 1. The Hall–Kier alpha value is -1.84. The van der Waals surface area contributed by atoms with Crippen molar-refractivity contribution in [2.24, 2.45) is 5.92 Å². The van der Waals surface area contributed by atoms with Gasteiger partial charge in [0.2, 0.25) is 5.91 Å². The van der Waals surface area contributed by atoms with E-state index in [0.717, 1.165) is 0 Å². The highest BCUT2D eigenvalue weighted by molar-refractivity contribution is 5.86. The molecular weight excluding hydrogens is 278 g/mol. The molecule has 1 heterocycles. The molecule has 2 rings (SSSR count). The standard InChI is InChI=1S/C18H25NO3/c1-12(10-19-11-14(17(21)22)9-16(19)20)13-5-7-15(8-6-13)18(2,3)4/h5-8,12,14H,9-11H2,1-4H3,(H,21,22)/t12-,14+/m1/s1. The normalized spacial score (nSPS) is 20.3. The van der Waals surface area contributed by atoms with Crippen LogP contribution in [-0.4, -0.2) is 35.0 Å². The summed E-state index contributed by atoms with van der Waals surface area (Å²) in [5, 5.41) is 9.03. The maximum Gasteiger partial charge on any atom is 0.308 e. The van der Waals surface area contributed by atoms with Crippen LogP contribution in [0, 0.1) is 5.92 Å². The molecule has 0 saturated carbocycles. The number of aliphatic carboxylic acids is 1. The maximum atomic E-state index is 11.9. The van der Waals surface area contributed by atoms with Crippen LogP contribution in [0.15, 0.2) is 24.3 Å². The van der Waals surface area contributed by atoms with Crippen molar-refractivity contribution in [3.05, 3.63) is 35.4 Å². The summed E-state index contributed by atoms with van der Waals surface area (Å²) in [7, 11) is 0. The molecule has 4 nitrogen and oxygen atoms in total. The Morgan fingerprint density at radius 1 is 1.32 bits per heavy atom. The average Bonchev–Trinajstić information content (AvgIpc) is 2.79. The summed E-state index contributed by atoms with van der Waals surface area (Å²) < 4.78 is 0. The Kier molecular flexibility index (Phi) is 4.59. The molecule has 0 radical (unpaired) electrons. The largest absolute Gasteiger partial charge is 0.481 e. The van der Waals surface area contributed by atoms with Gasteiger partial charge in [0.25, 0.3) is 0 Å². The molecular formula is C18H25NO3. The van der Waals surface area contributed by atoms with Gasteiger partial charge in [-0.2, -0.15) is 0 Å². The number of carboxylic acids is 1. The summed E-state index contributed by atoms with van der Waals surface area (Å²) in [6.45, 7) is 9.53. The predicted molar refractivity (Wildman–Crippen MR) is 85.9 cm³/mol. The lowest BCUT2D eigenvalue weighted by Gasteiger charge is -2.23. The number of carbonyl (C=O) groups excluding carboxylic acids is 1. The number of carboxylic acid groups (broad SMARTS) is 1. The number of hydrogen-bond acceptors (Lipinski definition) is 2. The zero-order valence-electron chi connectivity index (χ0n) is 13.8. The first-order valence-electron chi connectivity index (χ1n) is 7.79. The Bertz CT molecular complexity index is 557. The van der Waals surface area contributed by atoms with Crippen LogP contribution in [0.3, 0.4) is 0 Å². The molecule has 4 heteroatoms. The summed E-state index contributed by atoms with van der Waals surface area (Å²) in [5.41, 5.74) is 2.59. The summed E-state index contributed by atoms with van der Waals surface area (Å²) in [4.78, 5) is 24.6. The molecule has 0 aromatic heterocycles. The molecule has 120 valence electrons. The molecule has 1 amide bonds. The number of rotatable bonds is 4. The predicted octanol–water partition coefficient (Wildman–Crippen LogP) is 3.02. The molecule has 1 aliphatic rings. The van der Waals surface area contributed by atoms with Crippen molar-refractivity contribution in [3.8, 4) is 0 Å². The van der Waals surface area contributed by atoms with Gasteiger partial charge < -0.3 is 10.0 Å². The van der Waals surface area contributed by atoms with Gasteiger partial charge in [-0.3, -0.25) is 9.59 Å². The van der Waals surface area contributed by atoms with Crippen LogP contribution < -0.4 is 0 Å². The van der Waals surface area contributed by atoms with Gasteiger partial charge >= 0.3 is 5.97 Å². The van der Waals surface area contributed by atoms with Crippen LogP contribution >= 0.6 is 0 Å². The van der Waals surface area contributed by atoms with Gasteiger partial charge in [0.05, 0.1) is 5.92 Å². The summed E-state index contributed by atoms with van der Waals surface area (Å²) in [6.07, 6.45) is 0.130. The van der Waals surface area contributed by atoms with Gasteiger partial charge in [-0.25, -0.2) is 0 Å². The van der Waals surface area contributed by atoms with Crippen molar-refractivity contribution in [1.82, 2.24) is 4.90 Å². The zero-order valence-corrected chi connectivity index (χ0v) is 13.8.